The molecule has 2 atom stereocenters. The van der Waals surface area contributed by atoms with Crippen LogP contribution >= 0.6 is 7.82 Å². The molecule has 13 heavy (non-hydrogen) atoms. The molecule has 0 amide bonds. The molecule has 0 saturated heterocycles. The molecule has 0 aromatic heterocycles. The third-order valence-electron chi connectivity index (χ3n) is 1.31. The molecule has 0 aromatic carbocycles. The van der Waals surface area contributed by atoms with Gasteiger partial charge in [-0.05, 0) is 6.92 Å². The van der Waals surface area contributed by atoms with Gasteiger partial charge in [0.05, 0.1) is 6.61 Å². The molecule has 0 spiro atoms. The van der Waals surface area contributed by atoms with Gasteiger partial charge in [0.25, 0.3) is 0 Å². The third-order valence-corrected chi connectivity index (χ3v) is 1.80. The van der Waals surface area contributed by atoms with Crippen LogP contribution in [0.5, 0.6) is 0 Å². The van der Waals surface area contributed by atoms with Crippen LogP contribution in [0.3, 0.4) is 0 Å². The van der Waals surface area contributed by atoms with Gasteiger partial charge in [0.2, 0.25) is 0 Å². The second-order valence-corrected chi connectivity index (χ2v) is 3.89. The predicted molar refractivity (Wildman–Crippen MR) is 40.7 cm³/mol. The summed E-state index contributed by atoms with van der Waals surface area (Å²) in [6.45, 7) is 0.170. The van der Waals surface area contributed by atoms with E-state index in [1.54, 1.807) is 0 Å². The van der Waals surface area contributed by atoms with E-state index in [0.717, 1.165) is 6.92 Å². The van der Waals surface area contributed by atoms with Gasteiger partial charge in [0, 0.05) is 0 Å². The van der Waals surface area contributed by atoms with Crippen LogP contribution in [-0.4, -0.2) is 44.6 Å². The minimum absolute atomic E-state index is 0.0563. The lowest BCUT2D eigenvalue weighted by Gasteiger charge is -2.22. The maximum absolute atomic E-state index is 10.1. The Labute approximate surface area is 74.2 Å². The summed E-state index contributed by atoms with van der Waals surface area (Å²) in [5, 5.41) is 18.0. The van der Waals surface area contributed by atoms with Gasteiger partial charge in [0.15, 0.2) is 6.29 Å². The van der Waals surface area contributed by atoms with Gasteiger partial charge in [-0.2, -0.15) is 0 Å². The highest BCUT2D eigenvalue weighted by Gasteiger charge is 2.31. The quantitative estimate of drug-likeness (QED) is 0.321. The molecule has 0 aliphatic rings. The molecule has 78 valence electrons. The number of carbonyl (C=O) groups excluding carboxylic acids is 1. The fourth-order valence-electron chi connectivity index (χ4n) is 0.415. The Morgan fingerprint density at radius 3 is 2.38 bits per heavy atom. The van der Waals surface area contributed by atoms with E-state index in [0.29, 0.717) is 0 Å². The van der Waals surface area contributed by atoms with Crippen molar-refractivity contribution in [1.82, 2.24) is 0 Å². The molecule has 0 radical (unpaired) electrons. The van der Waals surface area contributed by atoms with Crippen LogP contribution < -0.4 is 0 Å². The number of phosphoric ester groups is 1. The molecule has 0 aromatic rings. The molecule has 0 rings (SSSR count). The van der Waals surface area contributed by atoms with Gasteiger partial charge in [0.1, 0.15) is 11.7 Å². The summed E-state index contributed by atoms with van der Waals surface area (Å²) in [7, 11) is -4.69. The van der Waals surface area contributed by atoms with Crippen LogP contribution in [0.15, 0.2) is 0 Å². The summed E-state index contributed by atoms with van der Waals surface area (Å²) in [5.41, 5.74) is -2.07. The van der Waals surface area contributed by atoms with E-state index in [1.807, 2.05) is 0 Å². The van der Waals surface area contributed by atoms with Crippen molar-refractivity contribution in [2.75, 3.05) is 6.61 Å². The fraction of sp³-hybridized carbons (Fsp3) is 0.800. The van der Waals surface area contributed by atoms with E-state index in [4.69, 9.17) is 20.0 Å². The molecular formula is C5H11O7P. The summed E-state index contributed by atoms with van der Waals surface area (Å²) >= 11 is 0. The van der Waals surface area contributed by atoms with E-state index in [2.05, 4.69) is 4.52 Å². The van der Waals surface area contributed by atoms with Gasteiger partial charge in [-0.3, -0.25) is 4.52 Å². The van der Waals surface area contributed by atoms with E-state index >= 15 is 0 Å². The molecule has 0 bridgehead atoms. The third kappa shape index (κ3) is 5.09. The first-order chi connectivity index (χ1) is 5.69. The Kier molecular flexibility index (Phi) is 4.18. The number of aldehydes is 1. The van der Waals surface area contributed by atoms with Crippen molar-refractivity contribution >= 4 is 14.1 Å². The summed E-state index contributed by atoms with van der Waals surface area (Å²) in [4.78, 5) is 26.6. The van der Waals surface area contributed by atoms with Crippen LogP contribution in [0.1, 0.15) is 6.92 Å². The molecule has 2 unspecified atom stereocenters. The van der Waals surface area contributed by atoms with Gasteiger partial charge in [-0.15, -0.1) is 0 Å². The summed E-state index contributed by atoms with van der Waals surface area (Å²) in [6.07, 6.45) is -1.63. The zero-order valence-electron chi connectivity index (χ0n) is 6.82. The second-order valence-electron chi connectivity index (χ2n) is 2.65. The SMILES string of the molecule is CC(O)(C=O)C(O)COP(=O)(O)O. The van der Waals surface area contributed by atoms with E-state index in [9.17, 15) is 9.36 Å². The Morgan fingerprint density at radius 2 is 2.08 bits per heavy atom. The van der Waals surface area contributed by atoms with Crippen molar-refractivity contribution in [3.63, 3.8) is 0 Å². The lowest BCUT2D eigenvalue weighted by molar-refractivity contribution is -0.136. The van der Waals surface area contributed by atoms with Crippen molar-refractivity contribution in [2.45, 2.75) is 18.6 Å². The largest absolute Gasteiger partial charge is 0.469 e. The molecule has 0 aliphatic heterocycles. The maximum Gasteiger partial charge on any atom is 0.469 e. The molecule has 0 saturated carbocycles. The Bertz CT molecular complexity index is 219. The number of aliphatic hydroxyl groups excluding tert-OH is 1. The van der Waals surface area contributed by atoms with Gasteiger partial charge < -0.3 is 24.8 Å². The van der Waals surface area contributed by atoms with Gasteiger partial charge >= 0.3 is 7.82 Å². The van der Waals surface area contributed by atoms with Crippen LogP contribution in [-0.2, 0) is 13.9 Å². The van der Waals surface area contributed by atoms with Crippen LogP contribution in [0, 0.1) is 0 Å². The van der Waals surface area contributed by atoms with Crippen LogP contribution in [0.2, 0.25) is 0 Å². The highest BCUT2D eigenvalue weighted by molar-refractivity contribution is 7.46. The van der Waals surface area contributed by atoms with E-state index in [1.165, 1.54) is 0 Å². The topological polar surface area (TPSA) is 124 Å². The maximum atomic E-state index is 10.1. The predicted octanol–water partition coefficient (Wildman–Crippen LogP) is -1.59. The highest BCUT2D eigenvalue weighted by Crippen LogP contribution is 2.36. The standard InChI is InChI=1S/C5H11O7P/c1-5(8,3-6)4(7)2-12-13(9,10)11/h3-4,7-8H,2H2,1H3,(H2,9,10,11). The van der Waals surface area contributed by atoms with Crippen molar-refractivity contribution in [3.05, 3.63) is 0 Å². The first-order valence-corrected chi connectivity index (χ1v) is 4.79. The lowest BCUT2D eigenvalue weighted by Crippen LogP contribution is -2.43. The summed E-state index contributed by atoms with van der Waals surface area (Å²) < 4.78 is 14.0. The zero-order valence-corrected chi connectivity index (χ0v) is 7.72. The number of carbonyl (C=O) groups is 1. The average Bonchev–Trinajstić information content (AvgIpc) is 1.98. The highest BCUT2D eigenvalue weighted by atomic mass is 31.2. The van der Waals surface area contributed by atoms with Crippen molar-refractivity contribution in [3.8, 4) is 0 Å². The molecule has 0 heterocycles. The Hall–Kier alpha value is -0.300. The van der Waals surface area contributed by atoms with Crippen molar-refractivity contribution in [2.24, 2.45) is 0 Å². The van der Waals surface area contributed by atoms with Gasteiger partial charge in [-0.25, -0.2) is 4.57 Å². The van der Waals surface area contributed by atoms with Crippen molar-refractivity contribution < 1.29 is 33.9 Å². The molecule has 7 nitrogen and oxygen atoms in total. The minimum atomic E-state index is -4.69. The summed E-state index contributed by atoms with van der Waals surface area (Å²) in [5.74, 6) is 0. The first kappa shape index (κ1) is 12.7. The minimum Gasteiger partial charge on any atom is -0.387 e. The summed E-state index contributed by atoms with van der Waals surface area (Å²) in [6, 6.07) is 0. The van der Waals surface area contributed by atoms with E-state index < -0.39 is 26.1 Å². The average molecular weight is 214 g/mol. The second kappa shape index (κ2) is 4.28. The normalized spacial score (nSPS) is 19.2. The zero-order chi connectivity index (χ0) is 10.7. The molecule has 4 N–H and O–H groups in total. The number of hydrogen-bond donors (Lipinski definition) is 4. The lowest BCUT2D eigenvalue weighted by atomic mass is 10.0. The molecule has 0 aliphatic carbocycles. The van der Waals surface area contributed by atoms with Crippen molar-refractivity contribution in [1.29, 1.82) is 0 Å². The van der Waals surface area contributed by atoms with Crippen LogP contribution in [0.4, 0.5) is 0 Å². The van der Waals surface area contributed by atoms with E-state index in [-0.39, 0.29) is 6.29 Å². The number of hydrogen-bond acceptors (Lipinski definition) is 5. The first-order valence-electron chi connectivity index (χ1n) is 3.26. The Balaban J connectivity index is 4.09. The number of phosphoric acid groups is 1. The molecular weight excluding hydrogens is 203 g/mol. The number of aliphatic hydroxyl groups is 2. The Morgan fingerprint density at radius 1 is 1.62 bits per heavy atom. The monoisotopic (exact) mass is 214 g/mol. The van der Waals surface area contributed by atoms with Crippen LogP contribution in [0.25, 0.3) is 0 Å². The smallest absolute Gasteiger partial charge is 0.387 e. The van der Waals surface area contributed by atoms with Gasteiger partial charge in [-0.1, -0.05) is 0 Å². The molecule has 0 fully saturated rings. The molecule has 8 heteroatoms. The fourth-order valence-corrected chi connectivity index (χ4v) is 0.750. The number of rotatable bonds is 5.